The van der Waals surface area contributed by atoms with E-state index in [0.717, 1.165) is 30.6 Å². The SMILES string of the molecule is CC(NC(=O)CCNC(=O)NC1CCCCC1)C12CC3CC(CC(C3)C1)C2. The van der Waals surface area contributed by atoms with E-state index in [4.69, 9.17) is 0 Å². The summed E-state index contributed by atoms with van der Waals surface area (Å²) in [5, 5.41) is 9.18. The predicted octanol–water partition coefficient (Wildman–Crippen LogP) is 3.73. The smallest absolute Gasteiger partial charge is 0.315 e. The van der Waals surface area contributed by atoms with Crippen LogP contribution in [0.3, 0.4) is 0 Å². The van der Waals surface area contributed by atoms with Gasteiger partial charge in [0.05, 0.1) is 0 Å². The van der Waals surface area contributed by atoms with E-state index in [1.165, 1.54) is 57.8 Å². The average Bonchev–Trinajstić information content (AvgIpc) is 2.61. The Morgan fingerprint density at radius 1 is 0.963 bits per heavy atom. The Hall–Kier alpha value is -1.26. The molecule has 5 nitrogen and oxygen atoms in total. The van der Waals surface area contributed by atoms with Crippen molar-refractivity contribution < 1.29 is 9.59 Å². The first kappa shape index (κ1) is 19.1. The van der Waals surface area contributed by atoms with Crippen LogP contribution in [0.1, 0.15) is 84.0 Å². The molecule has 4 bridgehead atoms. The largest absolute Gasteiger partial charge is 0.353 e. The van der Waals surface area contributed by atoms with Crippen molar-refractivity contribution >= 4 is 11.9 Å². The van der Waals surface area contributed by atoms with Gasteiger partial charge in [-0.2, -0.15) is 0 Å². The molecule has 3 amide bonds. The lowest BCUT2D eigenvalue weighted by Gasteiger charge is -2.59. The number of rotatable bonds is 6. The molecule has 0 aromatic heterocycles. The molecule has 0 aromatic rings. The second-order valence-electron chi connectivity index (χ2n) is 10.1. The molecule has 5 fully saturated rings. The van der Waals surface area contributed by atoms with Crippen LogP contribution < -0.4 is 16.0 Å². The Kier molecular flexibility index (Phi) is 5.65. The summed E-state index contributed by atoms with van der Waals surface area (Å²) >= 11 is 0. The topological polar surface area (TPSA) is 70.2 Å². The second-order valence-corrected chi connectivity index (χ2v) is 10.1. The fraction of sp³-hybridized carbons (Fsp3) is 0.909. The van der Waals surface area contributed by atoms with Crippen molar-refractivity contribution in [1.82, 2.24) is 16.0 Å². The standard InChI is InChI=1S/C22H37N3O2/c1-15(22-12-16-9-17(13-22)11-18(10-16)14-22)24-20(26)7-8-23-21(27)25-19-5-3-2-4-6-19/h15-19H,2-14H2,1H3,(H,24,26)(H2,23,25,27). The van der Waals surface area contributed by atoms with Gasteiger partial charge < -0.3 is 16.0 Å². The molecule has 152 valence electrons. The van der Waals surface area contributed by atoms with Crippen LogP contribution in [0.25, 0.3) is 0 Å². The first-order valence-electron chi connectivity index (χ1n) is 11.4. The highest BCUT2D eigenvalue weighted by molar-refractivity contribution is 5.78. The van der Waals surface area contributed by atoms with Gasteiger partial charge in [-0.3, -0.25) is 4.79 Å². The Morgan fingerprint density at radius 3 is 2.15 bits per heavy atom. The zero-order valence-corrected chi connectivity index (χ0v) is 16.9. The third-order valence-electron chi connectivity index (χ3n) is 7.96. The number of hydrogen-bond donors (Lipinski definition) is 3. The van der Waals surface area contributed by atoms with Crippen molar-refractivity contribution in [2.75, 3.05) is 6.54 Å². The molecule has 5 saturated carbocycles. The van der Waals surface area contributed by atoms with Crippen LogP contribution in [0.5, 0.6) is 0 Å². The zero-order chi connectivity index (χ0) is 18.9. The van der Waals surface area contributed by atoms with Crippen LogP contribution in [0.15, 0.2) is 0 Å². The Labute approximate surface area is 163 Å². The van der Waals surface area contributed by atoms with E-state index in [0.29, 0.717) is 24.4 Å². The van der Waals surface area contributed by atoms with Gasteiger partial charge in [0.1, 0.15) is 0 Å². The molecule has 27 heavy (non-hydrogen) atoms. The molecule has 0 heterocycles. The summed E-state index contributed by atoms with van der Waals surface area (Å²) in [4.78, 5) is 24.4. The Morgan fingerprint density at radius 2 is 1.56 bits per heavy atom. The summed E-state index contributed by atoms with van der Waals surface area (Å²) in [6.45, 7) is 2.63. The van der Waals surface area contributed by atoms with E-state index >= 15 is 0 Å². The number of hydrogen-bond acceptors (Lipinski definition) is 2. The van der Waals surface area contributed by atoms with Gasteiger partial charge in [0, 0.05) is 25.0 Å². The summed E-state index contributed by atoms with van der Waals surface area (Å²) < 4.78 is 0. The third-order valence-corrected chi connectivity index (χ3v) is 7.96. The molecule has 5 aliphatic carbocycles. The van der Waals surface area contributed by atoms with Crippen LogP contribution in [-0.4, -0.2) is 30.6 Å². The van der Waals surface area contributed by atoms with E-state index in [2.05, 4.69) is 22.9 Å². The van der Waals surface area contributed by atoms with Crippen molar-refractivity contribution in [2.24, 2.45) is 23.2 Å². The highest BCUT2D eigenvalue weighted by Crippen LogP contribution is 2.61. The molecule has 0 aliphatic heterocycles. The van der Waals surface area contributed by atoms with E-state index in [1.807, 2.05) is 0 Å². The second kappa shape index (κ2) is 8.00. The van der Waals surface area contributed by atoms with Crippen molar-refractivity contribution in [3.63, 3.8) is 0 Å². The van der Waals surface area contributed by atoms with Crippen LogP contribution in [-0.2, 0) is 4.79 Å². The fourth-order valence-corrected chi connectivity index (χ4v) is 6.95. The molecule has 5 aliphatic rings. The highest BCUT2D eigenvalue weighted by Gasteiger charge is 2.53. The molecule has 0 aromatic carbocycles. The minimum atomic E-state index is -0.121. The predicted molar refractivity (Wildman–Crippen MR) is 106 cm³/mol. The van der Waals surface area contributed by atoms with Gasteiger partial charge in [-0.15, -0.1) is 0 Å². The lowest BCUT2D eigenvalue weighted by atomic mass is 9.48. The van der Waals surface area contributed by atoms with E-state index in [-0.39, 0.29) is 18.0 Å². The molecule has 0 saturated heterocycles. The van der Waals surface area contributed by atoms with Gasteiger partial charge in [-0.05, 0) is 81.5 Å². The number of urea groups is 1. The van der Waals surface area contributed by atoms with Crippen molar-refractivity contribution in [3.8, 4) is 0 Å². The van der Waals surface area contributed by atoms with Gasteiger partial charge in [-0.25, -0.2) is 4.79 Å². The minimum absolute atomic E-state index is 0.0798. The van der Waals surface area contributed by atoms with Crippen LogP contribution in [0.4, 0.5) is 4.79 Å². The van der Waals surface area contributed by atoms with Crippen LogP contribution in [0.2, 0.25) is 0 Å². The maximum Gasteiger partial charge on any atom is 0.315 e. The number of nitrogens with one attached hydrogen (secondary N) is 3. The van der Waals surface area contributed by atoms with Gasteiger partial charge >= 0.3 is 6.03 Å². The summed E-state index contributed by atoms with van der Waals surface area (Å²) in [5.74, 6) is 2.79. The summed E-state index contributed by atoms with van der Waals surface area (Å²) in [5.41, 5.74) is 0.343. The molecule has 0 radical (unpaired) electrons. The molecule has 0 spiro atoms. The lowest BCUT2D eigenvalue weighted by molar-refractivity contribution is -0.125. The summed E-state index contributed by atoms with van der Waals surface area (Å²) in [6.07, 6.45) is 14.4. The monoisotopic (exact) mass is 375 g/mol. The molecule has 1 atom stereocenters. The van der Waals surface area contributed by atoms with Crippen molar-refractivity contribution in [1.29, 1.82) is 0 Å². The highest BCUT2D eigenvalue weighted by atomic mass is 16.2. The number of carbonyl (C=O) groups is 2. The number of carbonyl (C=O) groups excluding carboxylic acids is 2. The third kappa shape index (κ3) is 4.43. The fourth-order valence-electron chi connectivity index (χ4n) is 6.95. The molecule has 3 N–H and O–H groups in total. The molecule has 5 rings (SSSR count). The van der Waals surface area contributed by atoms with Gasteiger partial charge in [-0.1, -0.05) is 19.3 Å². The van der Waals surface area contributed by atoms with Gasteiger partial charge in [0.15, 0.2) is 0 Å². The van der Waals surface area contributed by atoms with Crippen LogP contribution >= 0.6 is 0 Å². The van der Waals surface area contributed by atoms with Gasteiger partial charge in [0.2, 0.25) is 5.91 Å². The van der Waals surface area contributed by atoms with Crippen LogP contribution in [0, 0.1) is 23.2 Å². The molecular formula is C22H37N3O2. The lowest BCUT2D eigenvalue weighted by Crippen LogP contribution is -2.56. The Balaban J connectivity index is 1.18. The van der Waals surface area contributed by atoms with Crippen molar-refractivity contribution in [3.05, 3.63) is 0 Å². The number of amides is 3. The van der Waals surface area contributed by atoms with E-state index in [9.17, 15) is 9.59 Å². The summed E-state index contributed by atoms with van der Waals surface area (Å²) in [6, 6.07) is 0.446. The first-order chi connectivity index (χ1) is 13.0. The molecular weight excluding hydrogens is 338 g/mol. The van der Waals surface area contributed by atoms with Gasteiger partial charge in [0.25, 0.3) is 0 Å². The Bertz CT molecular complexity index is 520. The average molecular weight is 376 g/mol. The van der Waals surface area contributed by atoms with Crippen molar-refractivity contribution in [2.45, 2.75) is 96.1 Å². The summed E-state index contributed by atoms with van der Waals surface area (Å²) in [7, 11) is 0. The van der Waals surface area contributed by atoms with E-state index < -0.39 is 0 Å². The molecule has 5 heteroatoms. The molecule has 1 unspecified atom stereocenters. The van der Waals surface area contributed by atoms with E-state index in [1.54, 1.807) is 0 Å². The maximum atomic E-state index is 12.4. The minimum Gasteiger partial charge on any atom is -0.353 e. The normalized spacial score (nSPS) is 36.3. The quantitative estimate of drug-likeness (QED) is 0.662. The zero-order valence-electron chi connectivity index (χ0n) is 16.9. The first-order valence-corrected chi connectivity index (χ1v) is 11.4. The maximum absolute atomic E-state index is 12.4.